The minimum Gasteiger partial charge on any atom is -0.465 e. The maximum atomic E-state index is 13.4. The standard InChI is InChI=1S/C21H30O12/c1-7-28-13(22)19(14(23)29-8-2)20(15(24)30-9-3,16(25)31-10-4)21(19,17(26)32-11-5)18(27)33-12-6/h7-12H2,1-6H3. The summed E-state index contributed by atoms with van der Waals surface area (Å²) < 4.78 is 29.9. The minimum absolute atomic E-state index is 0.330. The quantitative estimate of drug-likeness (QED) is 0.217. The molecule has 0 saturated heterocycles. The molecular weight excluding hydrogens is 444 g/mol. The first-order chi connectivity index (χ1) is 15.6. The number of carbonyl (C=O) groups is 6. The maximum absolute atomic E-state index is 13.4. The Bertz CT molecular complexity index is 628. The van der Waals surface area contributed by atoms with Crippen LogP contribution in [-0.2, 0) is 57.2 Å². The van der Waals surface area contributed by atoms with Crippen molar-refractivity contribution >= 4 is 35.8 Å². The van der Waals surface area contributed by atoms with Crippen LogP contribution >= 0.6 is 0 Å². The third-order valence-corrected chi connectivity index (χ3v) is 5.11. The van der Waals surface area contributed by atoms with Crippen molar-refractivity contribution < 1.29 is 57.2 Å². The van der Waals surface area contributed by atoms with E-state index in [2.05, 4.69) is 0 Å². The molecule has 0 unspecified atom stereocenters. The van der Waals surface area contributed by atoms with Crippen LogP contribution in [0.2, 0.25) is 0 Å². The molecule has 1 fully saturated rings. The van der Waals surface area contributed by atoms with Gasteiger partial charge in [0.2, 0.25) is 16.2 Å². The molecule has 0 heterocycles. The summed E-state index contributed by atoms with van der Waals surface area (Å²) >= 11 is 0. The van der Waals surface area contributed by atoms with Gasteiger partial charge in [-0.2, -0.15) is 0 Å². The highest BCUT2D eigenvalue weighted by Gasteiger charge is 3.10. The molecule has 0 bridgehead atoms. The number of rotatable bonds is 12. The van der Waals surface area contributed by atoms with Crippen molar-refractivity contribution in [2.75, 3.05) is 39.6 Å². The van der Waals surface area contributed by atoms with Gasteiger partial charge >= 0.3 is 35.8 Å². The SMILES string of the molecule is CCOC(=O)C1(C(=O)OCC)C(C(=O)OCC)(C(=O)OCC)C1(C(=O)OCC)C(=O)OCC. The third kappa shape index (κ3) is 3.61. The van der Waals surface area contributed by atoms with Gasteiger partial charge in [-0.3, -0.25) is 28.8 Å². The number of esters is 6. The van der Waals surface area contributed by atoms with Gasteiger partial charge in [0.15, 0.2) is 0 Å². The fraction of sp³-hybridized carbons (Fsp3) is 0.714. The molecule has 0 aromatic rings. The van der Waals surface area contributed by atoms with Crippen LogP contribution in [-0.4, -0.2) is 75.5 Å². The van der Waals surface area contributed by atoms with Crippen molar-refractivity contribution in [2.45, 2.75) is 41.5 Å². The zero-order chi connectivity index (χ0) is 25.4. The average molecular weight is 474 g/mol. The van der Waals surface area contributed by atoms with Crippen LogP contribution in [0.5, 0.6) is 0 Å². The molecule has 0 N–H and O–H groups in total. The van der Waals surface area contributed by atoms with Gasteiger partial charge in [0.05, 0.1) is 39.6 Å². The summed E-state index contributed by atoms with van der Waals surface area (Å²) in [4.78, 5) is 80.1. The van der Waals surface area contributed by atoms with E-state index in [0.29, 0.717) is 0 Å². The summed E-state index contributed by atoms with van der Waals surface area (Å²) in [6, 6.07) is 0. The topological polar surface area (TPSA) is 158 Å². The van der Waals surface area contributed by atoms with Crippen molar-refractivity contribution in [3.05, 3.63) is 0 Å². The first kappa shape index (κ1) is 27.9. The highest BCUT2D eigenvalue weighted by molar-refractivity contribution is 6.35. The number of carbonyl (C=O) groups excluding carboxylic acids is 6. The summed E-state index contributed by atoms with van der Waals surface area (Å²) in [5, 5.41) is 0. The van der Waals surface area contributed by atoms with Crippen LogP contribution in [0, 0.1) is 16.2 Å². The molecule has 1 rings (SSSR count). The molecule has 0 aromatic carbocycles. The van der Waals surface area contributed by atoms with Crippen molar-refractivity contribution in [1.82, 2.24) is 0 Å². The zero-order valence-corrected chi connectivity index (χ0v) is 19.6. The third-order valence-electron chi connectivity index (χ3n) is 5.11. The molecule has 12 heteroatoms. The Morgan fingerprint density at radius 1 is 0.364 bits per heavy atom. The van der Waals surface area contributed by atoms with Crippen LogP contribution in [0.1, 0.15) is 41.5 Å². The summed E-state index contributed by atoms with van der Waals surface area (Å²) in [5.74, 6) is -9.22. The van der Waals surface area contributed by atoms with Gasteiger partial charge in [-0.1, -0.05) is 0 Å². The predicted octanol–water partition coefficient (Wildman–Crippen LogP) is 0.338. The summed E-state index contributed by atoms with van der Waals surface area (Å²) in [5.41, 5.74) is -9.41. The van der Waals surface area contributed by atoms with Crippen LogP contribution in [0.15, 0.2) is 0 Å². The Labute approximate surface area is 191 Å². The average Bonchev–Trinajstić information content (AvgIpc) is 3.37. The Hall–Kier alpha value is -3.18. The lowest BCUT2D eigenvalue weighted by molar-refractivity contribution is -0.179. The van der Waals surface area contributed by atoms with Gasteiger partial charge in [-0.25, -0.2) is 0 Å². The van der Waals surface area contributed by atoms with E-state index in [9.17, 15) is 28.8 Å². The summed E-state index contributed by atoms with van der Waals surface area (Å²) in [7, 11) is 0. The van der Waals surface area contributed by atoms with Crippen molar-refractivity contribution in [3.63, 3.8) is 0 Å². The maximum Gasteiger partial charge on any atom is 0.327 e. The molecule has 0 radical (unpaired) electrons. The van der Waals surface area contributed by atoms with Crippen LogP contribution in [0.25, 0.3) is 0 Å². The normalized spacial score (nSPS) is 16.5. The zero-order valence-electron chi connectivity index (χ0n) is 19.6. The highest BCUT2D eigenvalue weighted by Crippen LogP contribution is 2.81. The van der Waals surface area contributed by atoms with Gasteiger partial charge in [0.25, 0.3) is 0 Å². The van der Waals surface area contributed by atoms with E-state index in [1.165, 1.54) is 41.5 Å². The lowest BCUT2D eigenvalue weighted by atomic mass is 9.92. The molecule has 0 aromatic heterocycles. The van der Waals surface area contributed by atoms with Gasteiger partial charge < -0.3 is 28.4 Å². The summed E-state index contributed by atoms with van der Waals surface area (Å²) in [6.45, 7) is 6.31. The Morgan fingerprint density at radius 3 is 0.576 bits per heavy atom. The molecular formula is C21H30O12. The second kappa shape index (κ2) is 11.1. The predicted molar refractivity (Wildman–Crippen MR) is 107 cm³/mol. The molecule has 0 aliphatic heterocycles. The molecule has 33 heavy (non-hydrogen) atoms. The lowest BCUT2D eigenvalue weighted by Crippen LogP contribution is -2.44. The van der Waals surface area contributed by atoms with Gasteiger partial charge in [-0.05, 0) is 41.5 Å². The summed E-state index contributed by atoms with van der Waals surface area (Å²) in [6.07, 6.45) is 0. The largest absolute Gasteiger partial charge is 0.465 e. The fourth-order valence-corrected chi connectivity index (χ4v) is 4.09. The van der Waals surface area contributed by atoms with Crippen LogP contribution in [0.3, 0.4) is 0 Å². The van der Waals surface area contributed by atoms with Gasteiger partial charge in [0, 0.05) is 0 Å². The molecule has 0 spiro atoms. The van der Waals surface area contributed by atoms with E-state index >= 15 is 0 Å². The molecule has 0 amide bonds. The molecule has 1 aliphatic rings. The van der Waals surface area contributed by atoms with E-state index < -0.39 is 52.1 Å². The van der Waals surface area contributed by atoms with Crippen molar-refractivity contribution in [1.29, 1.82) is 0 Å². The van der Waals surface area contributed by atoms with E-state index in [4.69, 9.17) is 28.4 Å². The highest BCUT2D eigenvalue weighted by atomic mass is 16.6. The van der Waals surface area contributed by atoms with Crippen molar-refractivity contribution in [2.24, 2.45) is 16.2 Å². The second-order valence-electron chi connectivity index (χ2n) is 6.57. The second-order valence-corrected chi connectivity index (χ2v) is 6.57. The monoisotopic (exact) mass is 474 g/mol. The number of ether oxygens (including phenoxy) is 6. The molecule has 1 aliphatic carbocycles. The Morgan fingerprint density at radius 2 is 0.485 bits per heavy atom. The lowest BCUT2D eigenvalue weighted by Gasteiger charge is -2.19. The Kier molecular flexibility index (Phi) is 9.37. The smallest absolute Gasteiger partial charge is 0.327 e. The molecule has 0 atom stereocenters. The van der Waals surface area contributed by atoms with Crippen LogP contribution in [0.4, 0.5) is 0 Å². The van der Waals surface area contributed by atoms with E-state index in [1.807, 2.05) is 0 Å². The Balaban J connectivity index is 4.29. The minimum atomic E-state index is -3.14. The van der Waals surface area contributed by atoms with E-state index in [-0.39, 0.29) is 39.6 Å². The van der Waals surface area contributed by atoms with E-state index in [1.54, 1.807) is 0 Å². The van der Waals surface area contributed by atoms with E-state index in [0.717, 1.165) is 0 Å². The van der Waals surface area contributed by atoms with Gasteiger partial charge in [0.1, 0.15) is 0 Å². The van der Waals surface area contributed by atoms with Crippen LogP contribution < -0.4 is 0 Å². The molecule has 12 nitrogen and oxygen atoms in total. The fourth-order valence-electron chi connectivity index (χ4n) is 4.09. The van der Waals surface area contributed by atoms with Crippen molar-refractivity contribution in [3.8, 4) is 0 Å². The molecule has 186 valence electrons. The molecule has 1 saturated carbocycles. The first-order valence-corrected chi connectivity index (χ1v) is 10.7. The first-order valence-electron chi connectivity index (χ1n) is 10.7. The number of hydrogen-bond donors (Lipinski definition) is 0. The van der Waals surface area contributed by atoms with Gasteiger partial charge in [-0.15, -0.1) is 0 Å². The number of hydrogen-bond acceptors (Lipinski definition) is 12.